The lowest BCUT2D eigenvalue weighted by atomic mass is 10.1. The third-order valence-electron chi connectivity index (χ3n) is 3.04. The van der Waals surface area contributed by atoms with Gasteiger partial charge in [0, 0.05) is 16.3 Å². The van der Waals surface area contributed by atoms with Crippen LogP contribution in [0, 0.1) is 5.82 Å². The lowest BCUT2D eigenvalue weighted by Crippen LogP contribution is -1.98. The molecule has 20 heavy (non-hydrogen) atoms. The van der Waals surface area contributed by atoms with Crippen molar-refractivity contribution in [2.75, 3.05) is 5.73 Å². The molecule has 3 nitrogen and oxygen atoms in total. The Morgan fingerprint density at radius 1 is 1.10 bits per heavy atom. The number of aromatic nitrogens is 2. The molecule has 0 fully saturated rings. The van der Waals surface area contributed by atoms with Gasteiger partial charge in [0.2, 0.25) is 0 Å². The van der Waals surface area contributed by atoms with E-state index in [1.165, 1.54) is 6.07 Å². The molecule has 5 heteroatoms. The standard InChI is InChI=1S/C15H11ClFN3/c16-11-3-1-10(2-4-11)15-8-19-9-20(15)12-5-6-13(17)14(18)7-12/h1-9H,18H2. The monoisotopic (exact) mass is 287 g/mol. The number of nitrogens with zero attached hydrogens (tertiary/aromatic N) is 2. The maximum atomic E-state index is 13.2. The summed E-state index contributed by atoms with van der Waals surface area (Å²) in [6.07, 6.45) is 3.40. The van der Waals surface area contributed by atoms with Gasteiger partial charge >= 0.3 is 0 Å². The molecule has 0 saturated heterocycles. The summed E-state index contributed by atoms with van der Waals surface area (Å²) >= 11 is 5.89. The van der Waals surface area contributed by atoms with Crippen molar-refractivity contribution in [3.8, 4) is 16.9 Å². The number of hydrogen-bond acceptors (Lipinski definition) is 2. The molecule has 1 aromatic heterocycles. The highest BCUT2D eigenvalue weighted by atomic mass is 35.5. The molecule has 1 heterocycles. The highest BCUT2D eigenvalue weighted by molar-refractivity contribution is 6.30. The topological polar surface area (TPSA) is 43.8 Å². The summed E-state index contributed by atoms with van der Waals surface area (Å²) in [5, 5.41) is 0.672. The van der Waals surface area contributed by atoms with E-state index >= 15 is 0 Å². The number of hydrogen-bond donors (Lipinski definition) is 1. The molecule has 0 unspecified atom stereocenters. The summed E-state index contributed by atoms with van der Waals surface area (Å²) in [5.41, 5.74) is 8.32. The van der Waals surface area contributed by atoms with Crippen molar-refractivity contribution >= 4 is 17.3 Å². The number of benzene rings is 2. The summed E-state index contributed by atoms with van der Waals surface area (Å²) in [5.74, 6) is -0.429. The first-order valence-electron chi connectivity index (χ1n) is 5.99. The molecule has 2 aromatic carbocycles. The van der Waals surface area contributed by atoms with E-state index in [0.29, 0.717) is 5.02 Å². The Labute approximate surface area is 120 Å². The molecule has 0 aliphatic carbocycles. The second-order valence-electron chi connectivity index (χ2n) is 4.36. The molecule has 3 rings (SSSR count). The highest BCUT2D eigenvalue weighted by Crippen LogP contribution is 2.25. The van der Waals surface area contributed by atoms with Crippen molar-refractivity contribution in [3.63, 3.8) is 0 Å². The van der Waals surface area contributed by atoms with Crippen LogP contribution in [-0.4, -0.2) is 9.55 Å². The molecule has 3 aromatic rings. The first-order chi connectivity index (χ1) is 9.65. The van der Waals surface area contributed by atoms with Gasteiger partial charge in [-0.05, 0) is 30.3 Å². The van der Waals surface area contributed by atoms with Crippen LogP contribution in [0.2, 0.25) is 5.02 Å². The number of nitrogen functional groups attached to an aromatic ring is 1. The Hall–Kier alpha value is -2.33. The third-order valence-corrected chi connectivity index (χ3v) is 3.29. The van der Waals surface area contributed by atoms with Crippen molar-refractivity contribution in [3.05, 3.63) is 65.8 Å². The third kappa shape index (κ3) is 2.26. The fourth-order valence-corrected chi connectivity index (χ4v) is 2.14. The molecular formula is C15H11ClFN3. The van der Waals surface area contributed by atoms with E-state index in [1.54, 1.807) is 24.7 Å². The summed E-state index contributed by atoms with van der Waals surface area (Å²) in [6, 6.07) is 12.0. The smallest absolute Gasteiger partial charge is 0.146 e. The Morgan fingerprint density at radius 2 is 1.85 bits per heavy atom. The van der Waals surface area contributed by atoms with E-state index in [9.17, 15) is 4.39 Å². The molecule has 0 radical (unpaired) electrons. The summed E-state index contributed by atoms with van der Waals surface area (Å²) in [7, 11) is 0. The van der Waals surface area contributed by atoms with Gasteiger partial charge in [0.15, 0.2) is 0 Å². The number of halogens is 2. The molecule has 100 valence electrons. The Balaban J connectivity index is 2.10. The van der Waals surface area contributed by atoms with E-state index in [1.807, 2.05) is 28.8 Å². The zero-order valence-electron chi connectivity index (χ0n) is 10.4. The van der Waals surface area contributed by atoms with Crippen LogP contribution in [0.25, 0.3) is 16.9 Å². The van der Waals surface area contributed by atoms with E-state index in [2.05, 4.69) is 4.98 Å². The highest BCUT2D eigenvalue weighted by Gasteiger charge is 2.08. The van der Waals surface area contributed by atoms with Crippen LogP contribution in [-0.2, 0) is 0 Å². The Morgan fingerprint density at radius 3 is 2.55 bits per heavy atom. The van der Waals surface area contributed by atoms with Gasteiger partial charge in [0.1, 0.15) is 5.82 Å². The Kier molecular flexibility index (Phi) is 3.16. The fourth-order valence-electron chi connectivity index (χ4n) is 2.02. The van der Waals surface area contributed by atoms with Crippen molar-refractivity contribution in [1.29, 1.82) is 0 Å². The lowest BCUT2D eigenvalue weighted by molar-refractivity contribution is 0.632. The SMILES string of the molecule is Nc1cc(-n2cncc2-c2ccc(Cl)cc2)ccc1F. The first-order valence-corrected chi connectivity index (χ1v) is 6.36. The number of imidazole rings is 1. The average Bonchev–Trinajstić information content (AvgIpc) is 2.92. The van der Waals surface area contributed by atoms with Gasteiger partial charge in [-0.15, -0.1) is 0 Å². The minimum absolute atomic E-state index is 0.109. The van der Waals surface area contributed by atoms with Gasteiger partial charge in [-0.25, -0.2) is 9.37 Å². The van der Waals surface area contributed by atoms with Crippen LogP contribution in [0.15, 0.2) is 55.0 Å². The summed E-state index contributed by atoms with van der Waals surface area (Å²) in [6.45, 7) is 0. The molecule has 0 aliphatic rings. The normalized spacial score (nSPS) is 10.7. The van der Waals surface area contributed by atoms with E-state index in [0.717, 1.165) is 16.9 Å². The van der Waals surface area contributed by atoms with Gasteiger partial charge in [-0.3, -0.25) is 4.57 Å². The van der Waals surface area contributed by atoms with E-state index < -0.39 is 5.82 Å². The van der Waals surface area contributed by atoms with Crippen molar-refractivity contribution in [1.82, 2.24) is 9.55 Å². The second kappa shape index (κ2) is 4.98. The van der Waals surface area contributed by atoms with Crippen LogP contribution in [0.1, 0.15) is 0 Å². The molecule has 0 bridgehead atoms. The van der Waals surface area contributed by atoms with Crippen LogP contribution < -0.4 is 5.73 Å². The maximum Gasteiger partial charge on any atom is 0.146 e. The first kappa shape index (κ1) is 12.7. The van der Waals surface area contributed by atoms with Crippen LogP contribution >= 0.6 is 11.6 Å². The lowest BCUT2D eigenvalue weighted by Gasteiger charge is -2.09. The molecule has 0 aliphatic heterocycles. The van der Waals surface area contributed by atoms with Crippen LogP contribution in [0.5, 0.6) is 0 Å². The van der Waals surface area contributed by atoms with Crippen LogP contribution in [0.4, 0.5) is 10.1 Å². The zero-order chi connectivity index (χ0) is 14.1. The van der Waals surface area contributed by atoms with E-state index in [4.69, 9.17) is 17.3 Å². The summed E-state index contributed by atoms with van der Waals surface area (Å²) < 4.78 is 15.1. The van der Waals surface area contributed by atoms with E-state index in [-0.39, 0.29) is 5.69 Å². The maximum absolute atomic E-state index is 13.2. The number of nitrogens with two attached hydrogens (primary N) is 1. The minimum atomic E-state index is -0.429. The fraction of sp³-hybridized carbons (Fsp3) is 0. The van der Waals surface area contributed by atoms with Crippen molar-refractivity contribution in [2.24, 2.45) is 0 Å². The molecule has 0 atom stereocenters. The molecular weight excluding hydrogens is 277 g/mol. The minimum Gasteiger partial charge on any atom is -0.396 e. The van der Waals surface area contributed by atoms with Crippen LogP contribution in [0.3, 0.4) is 0 Å². The van der Waals surface area contributed by atoms with Gasteiger partial charge in [-0.2, -0.15) is 0 Å². The molecule has 0 spiro atoms. The molecule has 2 N–H and O–H groups in total. The van der Waals surface area contributed by atoms with Gasteiger partial charge in [0.05, 0.1) is 23.9 Å². The van der Waals surface area contributed by atoms with Crippen molar-refractivity contribution in [2.45, 2.75) is 0 Å². The largest absolute Gasteiger partial charge is 0.396 e. The van der Waals surface area contributed by atoms with Crippen molar-refractivity contribution < 1.29 is 4.39 Å². The summed E-state index contributed by atoms with van der Waals surface area (Å²) in [4.78, 5) is 4.14. The second-order valence-corrected chi connectivity index (χ2v) is 4.80. The number of anilines is 1. The van der Waals surface area contributed by atoms with Gasteiger partial charge < -0.3 is 5.73 Å². The Bertz CT molecular complexity index is 750. The molecule has 0 amide bonds. The molecule has 0 saturated carbocycles. The van der Waals surface area contributed by atoms with Gasteiger partial charge in [0.25, 0.3) is 0 Å². The van der Waals surface area contributed by atoms with Gasteiger partial charge in [-0.1, -0.05) is 23.7 Å². The number of rotatable bonds is 2. The zero-order valence-corrected chi connectivity index (χ0v) is 11.2. The quantitative estimate of drug-likeness (QED) is 0.726. The predicted molar refractivity (Wildman–Crippen MR) is 78.4 cm³/mol. The predicted octanol–water partition coefficient (Wildman–Crippen LogP) is 3.91. The average molecular weight is 288 g/mol.